The lowest BCUT2D eigenvalue weighted by molar-refractivity contribution is 0.606. The second-order valence-corrected chi connectivity index (χ2v) is 6.85. The number of hydrogen-bond acceptors (Lipinski definition) is 0. The first kappa shape index (κ1) is 19.3. The molecule has 0 fully saturated rings. The number of unbranched alkanes of at least 4 members (excludes halogenated alkanes) is 10. The summed E-state index contributed by atoms with van der Waals surface area (Å²) in [7, 11) is 0. The Morgan fingerprint density at radius 1 is 0.455 bits per heavy atom. The Kier molecular flexibility index (Phi) is 12.1. The monoisotopic (exact) mass is 302 g/mol. The van der Waals surface area contributed by atoms with Crippen LogP contribution < -0.4 is 0 Å². The SMILES string of the molecule is CCCCCCCCc1ccc(CCCCCCCC)cc1. The maximum Gasteiger partial charge on any atom is -0.0279 e. The second kappa shape index (κ2) is 13.9. The third kappa shape index (κ3) is 10.0. The zero-order valence-electron chi connectivity index (χ0n) is 15.2. The van der Waals surface area contributed by atoms with Crippen molar-refractivity contribution in [3.63, 3.8) is 0 Å². The molecule has 0 aliphatic carbocycles. The predicted octanol–water partition coefficient (Wildman–Crippen LogP) is 7.49. The third-order valence-electron chi connectivity index (χ3n) is 4.66. The number of rotatable bonds is 14. The van der Waals surface area contributed by atoms with E-state index in [1.54, 1.807) is 0 Å². The molecule has 0 heterocycles. The van der Waals surface area contributed by atoms with Crippen LogP contribution in [0.25, 0.3) is 0 Å². The predicted molar refractivity (Wildman–Crippen MR) is 101 cm³/mol. The summed E-state index contributed by atoms with van der Waals surface area (Å²) in [6.45, 7) is 4.57. The average Bonchev–Trinajstić information content (AvgIpc) is 2.55. The molecule has 1 aromatic carbocycles. The van der Waals surface area contributed by atoms with E-state index in [2.05, 4.69) is 38.1 Å². The van der Waals surface area contributed by atoms with Crippen LogP contribution in [-0.4, -0.2) is 0 Å². The van der Waals surface area contributed by atoms with E-state index in [1.807, 2.05) is 0 Å². The fourth-order valence-corrected chi connectivity index (χ4v) is 3.09. The third-order valence-corrected chi connectivity index (χ3v) is 4.66. The normalized spacial score (nSPS) is 11.0. The van der Waals surface area contributed by atoms with E-state index in [1.165, 1.54) is 101 Å². The van der Waals surface area contributed by atoms with Gasteiger partial charge in [-0.2, -0.15) is 0 Å². The minimum Gasteiger partial charge on any atom is -0.0654 e. The van der Waals surface area contributed by atoms with Crippen LogP contribution in [0.5, 0.6) is 0 Å². The van der Waals surface area contributed by atoms with Gasteiger partial charge in [0.25, 0.3) is 0 Å². The molecule has 0 spiro atoms. The summed E-state index contributed by atoms with van der Waals surface area (Å²) in [5, 5.41) is 0. The van der Waals surface area contributed by atoms with Crippen molar-refractivity contribution >= 4 is 0 Å². The van der Waals surface area contributed by atoms with Gasteiger partial charge in [0.2, 0.25) is 0 Å². The number of hydrogen-bond donors (Lipinski definition) is 0. The fraction of sp³-hybridized carbons (Fsp3) is 0.727. The highest BCUT2D eigenvalue weighted by molar-refractivity contribution is 5.22. The van der Waals surface area contributed by atoms with Crippen molar-refractivity contribution in [2.24, 2.45) is 0 Å². The molecule has 22 heavy (non-hydrogen) atoms. The Morgan fingerprint density at radius 2 is 0.773 bits per heavy atom. The van der Waals surface area contributed by atoms with E-state index >= 15 is 0 Å². The van der Waals surface area contributed by atoms with Gasteiger partial charge in [0.1, 0.15) is 0 Å². The van der Waals surface area contributed by atoms with Crippen LogP contribution in [0.3, 0.4) is 0 Å². The minimum absolute atomic E-state index is 1.27. The first-order valence-corrected chi connectivity index (χ1v) is 9.94. The lowest BCUT2D eigenvalue weighted by Crippen LogP contribution is -1.90. The molecule has 0 unspecified atom stereocenters. The summed E-state index contributed by atoms with van der Waals surface area (Å²) in [5.74, 6) is 0. The van der Waals surface area contributed by atoms with E-state index in [0.29, 0.717) is 0 Å². The zero-order valence-corrected chi connectivity index (χ0v) is 15.2. The molecule has 0 heteroatoms. The Balaban J connectivity index is 2.07. The topological polar surface area (TPSA) is 0 Å². The van der Waals surface area contributed by atoms with Crippen molar-refractivity contribution < 1.29 is 0 Å². The average molecular weight is 303 g/mol. The summed E-state index contributed by atoms with van der Waals surface area (Å²) in [6, 6.07) is 9.44. The molecule has 0 bridgehead atoms. The van der Waals surface area contributed by atoms with E-state index in [-0.39, 0.29) is 0 Å². The van der Waals surface area contributed by atoms with Gasteiger partial charge in [0, 0.05) is 0 Å². The van der Waals surface area contributed by atoms with Crippen LogP contribution in [0.1, 0.15) is 102 Å². The molecule has 1 aromatic rings. The van der Waals surface area contributed by atoms with Gasteiger partial charge in [-0.05, 0) is 36.8 Å². The molecule has 0 saturated heterocycles. The van der Waals surface area contributed by atoms with Crippen molar-refractivity contribution in [1.29, 1.82) is 0 Å². The lowest BCUT2D eigenvalue weighted by Gasteiger charge is -2.05. The highest BCUT2D eigenvalue weighted by Crippen LogP contribution is 2.13. The van der Waals surface area contributed by atoms with Gasteiger partial charge < -0.3 is 0 Å². The van der Waals surface area contributed by atoms with Gasteiger partial charge in [-0.1, -0.05) is 102 Å². The van der Waals surface area contributed by atoms with Crippen LogP contribution in [0.15, 0.2) is 24.3 Å². The smallest absolute Gasteiger partial charge is 0.0279 e. The molecule has 0 aliphatic rings. The second-order valence-electron chi connectivity index (χ2n) is 6.85. The van der Waals surface area contributed by atoms with Crippen LogP contribution in [-0.2, 0) is 12.8 Å². The number of benzene rings is 1. The number of aryl methyl sites for hydroxylation is 2. The molecule has 0 saturated carbocycles. The summed E-state index contributed by atoms with van der Waals surface area (Å²) in [5.41, 5.74) is 3.06. The molecular formula is C22H38. The van der Waals surface area contributed by atoms with E-state index in [9.17, 15) is 0 Å². The first-order chi connectivity index (χ1) is 10.9. The van der Waals surface area contributed by atoms with Gasteiger partial charge >= 0.3 is 0 Å². The van der Waals surface area contributed by atoms with Gasteiger partial charge in [0.15, 0.2) is 0 Å². The van der Waals surface area contributed by atoms with Gasteiger partial charge in [-0.3, -0.25) is 0 Å². The maximum atomic E-state index is 2.36. The van der Waals surface area contributed by atoms with Crippen molar-refractivity contribution in [3.8, 4) is 0 Å². The van der Waals surface area contributed by atoms with Crippen LogP contribution >= 0.6 is 0 Å². The Bertz CT molecular complexity index is 301. The van der Waals surface area contributed by atoms with Crippen LogP contribution in [0.2, 0.25) is 0 Å². The molecule has 126 valence electrons. The van der Waals surface area contributed by atoms with Crippen LogP contribution in [0, 0.1) is 0 Å². The fourth-order valence-electron chi connectivity index (χ4n) is 3.09. The van der Waals surface area contributed by atoms with Crippen molar-refractivity contribution in [1.82, 2.24) is 0 Å². The van der Waals surface area contributed by atoms with Crippen molar-refractivity contribution in [2.45, 2.75) is 104 Å². The molecule has 0 nitrogen and oxygen atoms in total. The van der Waals surface area contributed by atoms with E-state index < -0.39 is 0 Å². The summed E-state index contributed by atoms with van der Waals surface area (Å²) in [4.78, 5) is 0. The van der Waals surface area contributed by atoms with Crippen LogP contribution in [0.4, 0.5) is 0 Å². The molecule has 0 aromatic heterocycles. The summed E-state index contributed by atoms with van der Waals surface area (Å²) >= 11 is 0. The molecule has 0 radical (unpaired) electrons. The van der Waals surface area contributed by atoms with Gasteiger partial charge in [-0.25, -0.2) is 0 Å². The molecule has 0 aliphatic heterocycles. The van der Waals surface area contributed by atoms with Crippen molar-refractivity contribution in [3.05, 3.63) is 35.4 Å². The standard InChI is InChI=1S/C22H38/c1-3-5-7-9-11-13-15-21-17-19-22(20-18-21)16-14-12-10-8-6-4-2/h17-20H,3-16H2,1-2H3. The first-order valence-electron chi connectivity index (χ1n) is 9.94. The Labute approximate surface area is 139 Å². The largest absolute Gasteiger partial charge is 0.0654 e. The van der Waals surface area contributed by atoms with E-state index in [0.717, 1.165) is 0 Å². The molecule has 1 rings (SSSR count). The summed E-state index contributed by atoms with van der Waals surface area (Å²) < 4.78 is 0. The van der Waals surface area contributed by atoms with Gasteiger partial charge in [-0.15, -0.1) is 0 Å². The minimum atomic E-state index is 1.27. The Morgan fingerprint density at radius 3 is 1.14 bits per heavy atom. The maximum absolute atomic E-state index is 2.36. The Hall–Kier alpha value is -0.780. The van der Waals surface area contributed by atoms with E-state index in [4.69, 9.17) is 0 Å². The van der Waals surface area contributed by atoms with Gasteiger partial charge in [0.05, 0.1) is 0 Å². The quantitative estimate of drug-likeness (QED) is 0.312. The molecular weight excluding hydrogens is 264 g/mol. The summed E-state index contributed by atoms with van der Waals surface area (Å²) in [6.07, 6.45) is 19.3. The lowest BCUT2D eigenvalue weighted by atomic mass is 10.0. The molecule has 0 amide bonds. The van der Waals surface area contributed by atoms with Crippen molar-refractivity contribution in [2.75, 3.05) is 0 Å². The molecule has 0 N–H and O–H groups in total. The highest BCUT2D eigenvalue weighted by atomic mass is 14.0. The highest BCUT2D eigenvalue weighted by Gasteiger charge is 1.97. The zero-order chi connectivity index (χ0) is 15.9. The molecule has 0 atom stereocenters.